The van der Waals surface area contributed by atoms with Gasteiger partial charge in [-0.15, -0.1) is 0 Å². The summed E-state index contributed by atoms with van der Waals surface area (Å²) in [4.78, 5) is 0. The van der Waals surface area contributed by atoms with Crippen molar-refractivity contribution in [1.29, 1.82) is 0 Å². The highest BCUT2D eigenvalue weighted by Gasteiger charge is 2.25. The van der Waals surface area contributed by atoms with E-state index >= 15 is 0 Å². The topological polar surface area (TPSA) is 19.9 Å². The van der Waals surface area contributed by atoms with Crippen molar-refractivity contribution < 1.29 is 5.11 Å². The average molecular weight is 275 g/mol. The van der Waals surface area contributed by atoms with Gasteiger partial charge in [-0.3, -0.25) is 5.11 Å². The van der Waals surface area contributed by atoms with Gasteiger partial charge in [0.05, 0.1) is 0 Å². The van der Waals surface area contributed by atoms with Crippen LogP contribution in [0.5, 0.6) is 5.75 Å². The third-order valence-corrected chi connectivity index (χ3v) is 4.22. The molecule has 0 fully saturated rings. The van der Waals surface area contributed by atoms with Crippen LogP contribution in [0.15, 0.2) is 18.2 Å². The number of unbranched alkanes of at least 4 members (excludes halogenated alkanes) is 3. The van der Waals surface area contributed by atoms with Crippen molar-refractivity contribution in [3.05, 3.63) is 29.3 Å². The Morgan fingerprint density at radius 3 is 2.15 bits per heavy atom. The van der Waals surface area contributed by atoms with E-state index in [1.54, 1.807) is 6.07 Å². The maximum atomic E-state index is 12.0. The van der Waals surface area contributed by atoms with Crippen molar-refractivity contribution >= 4 is 0 Å². The van der Waals surface area contributed by atoms with E-state index in [1.165, 1.54) is 37.7 Å². The Morgan fingerprint density at radius 2 is 1.60 bits per heavy atom. The zero-order valence-electron chi connectivity index (χ0n) is 14.2. The summed E-state index contributed by atoms with van der Waals surface area (Å²) in [5.41, 5.74) is 2.32. The van der Waals surface area contributed by atoms with Crippen LogP contribution in [0.2, 0.25) is 0 Å². The fourth-order valence-electron chi connectivity index (χ4n) is 2.68. The highest BCUT2D eigenvalue weighted by molar-refractivity contribution is 5.42. The van der Waals surface area contributed by atoms with Gasteiger partial charge < -0.3 is 0 Å². The summed E-state index contributed by atoms with van der Waals surface area (Å²) in [6.45, 7) is 13.2. The molecule has 0 aromatic heterocycles. The van der Waals surface area contributed by atoms with Crippen LogP contribution < -0.4 is 0 Å². The lowest BCUT2D eigenvalue weighted by atomic mass is 9.76. The molecule has 1 nitrogen and oxygen atoms in total. The van der Waals surface area contributed by atoms with Gasteiger partial charge in [0.15, 0.2) is 5.75 Å². The standard InChI is InChI=1S/C19H31O/c1-7-8-9-10-13-19(5,6)15-11-12-17(20)16(14-15)18(2,3)4/h11-12,14H,7-10,13H2,1-6H3. The molecule has 0 saturated carbocycles. The summed E-state index contributed by atoms with van der Waals surface area (Å²) < 4.78 is 0. The van der Waals surface area contributed by atoms with E-state index in [1.807, 2.05) is 6.07 Å². The van der Waals surface area contributed by atoms with Crippen LogP contribution in [0.4, 0.5) is 0 Å². The molecule has 0 heterocycles. The molecule has 1 heteroatoms. The predicted octanol–water partition coefficient (Wildman–Crippen LogP) is 6.38. The van der Waals surface area contributed by atoms with Crippen LogP contribution in [0.1, 0.15) is 84.8 Å². The quantitative estimate of drug-likeness (QED) is 0.537. The minimum Gasteiger partial charge on any atom is -0.290 e. The van der Waals surface area contributed by atoms with Gasteiger partial charge in [0, 0.05) is 5.56 Å². The lowest BCUT2D eigenvalue weighted by Gasteiger charge is -2.28. The maximum absolute atomic E-state index is 12.0. The second kappa shape index (κ2) is 6.65. The summed E-state index contributed by atoms with van der Waals surface area (Å²) >= 11 is 0. The number of hydrogen-bond acceptors (Lipinski definition) is 0. The maximum Gasteiger partial charge on any atom is 0.182 e. The molecule has 1 aromatic carbocycles. The van der Waals surface area contributed by atoms with E-state index in [4.69, 9.17) is 0 Å². The SMILES string of the molecule is CCCCCCC(C)(C)c1ccc([O])c(C(C)(C)C)c1. The van der Waals surface area contributed by atoms with Gasteiger partial charge >= 0.3 is 0 Å². The molecule has 0 aliphatic rings. The van der Waals surface area contributed by atoms with Crippen molar-refractivity contribution in [2.24, 2.45) is 0 Å². The lowest BCUT2D eigenvalue weighted by molar-refractivity contribution is 0.339. The summed E-state index contributed by atoms with van der Waals surface area (Å²) in [7, 11) is 0. The van der Waals surface area contributed by atoms with Gasteiger partial charge in [0.25, 0.3) is 0 Å². The summed E-state index contributed by atoms with van der Waals surface area (Å²) in [5, 5.41) is 12.0. The van der Waals surface area contributed by atoms with Crippen LogP contribution in [-0.2, 0) is 15.9 Å². The molecular formula is C19H31O. The Hall–Kier alpha value is -0.980. The summed E-state index contributed by atoms with van der Waals surface area (Å²) in [6.07, 6.45) is 6.37. The smallest absolute Gasteiger partial charge is 0.182 e. The Labute approximate surface area is 125 Å². The summed E-state index contributed by atoms with van der Waals surface area (Å²) in [6, 6.07) is 5.92. The van der Waals surface area contributed by atoms with E-state index in [-0.39, 0.29) is 16.6 Å². The van der Waals surface area contributed by atoms with Crippen LogP contribution in [-0.4, -0.2) is 0 Å². The third kappa shape index (κ3) is 4.54. The first-order valence-corrected chi connectivity index (χ1v) is 8.00. The first-order chi connectivity index (χ1) is 9.18. The molecule has 0 saturated heterocycles. The molecule has 0 spiro atoms. The van der Waals surface area contributed by atoms with Gasteiger partial charge in [-0.05, 0) is 28.9 Å². The average Bonchev–Trinajstić information content (AvgIpc) is 2.33. The second-order valence-electron chi connectivity index (χ2n) is 7.66. The van der Waals surface area contributed by atoms with Crippen molar-refractivity contribution in [2.75, 3.05) is 0 Å². The first-order valence-electron chi connectivity index (χ1n) is 8.00. The summed E-state index contributed by atoms with van der Waals surface area (Å²) in [5.74, 6) is 0.169. The van der Waals surface area contributed by atoms with Gasteiger partial charge in [0.1, 0.15) is 0 Å². The van der Waals surface area contributed by atoms with Gasteiger partial charge in [0.2, 0.25) is 0 Å². The minimum atomic E-state index is -0.0780. The van der Waals surface area contributed by atoms with E-state index in [0.717, 1.165) is 5.56 Å². The second-order valence-corrected chi connectivity index (χ2v) is 7.66. The fraction of sp³-hybridized carbons (Fsp3) is 0.684. The molecule has 20 heavy (non-hydrogen) atoms. The van der Waals surface area contributed by atoms with Crippen LogP contribution >= 0.6 is 0 Å². The largest absolute Gasteiger partial charge is 0.290 e. The first kappa shape index (κ1) is 17.1. The third-order valence-electron chi connectivity index (χ3n) is 4.22. The fourth-order valence-corrected chi connectivity index (χ4v) is 2.68. The van der Waals surface area contributed by atoms with Gasteiger partial charge in [-0.2, -0.15) is 0 Å². The molecule has 0 N–H and O–H groups in total. The van der Waals surface area contributed by atoms with E-state index in [0.29, 0.717) is 0 Å². The van der Waals surface area contributed by atoms with Crippen molar-refractivity contribution in [3.63, 3.8) is 0 Å². The van der Waals surface area contributed by atoms with E-state index in [2.05, 4.69) is 47.6 Å². The van der Waals surface area contributed by atoms with Crippen molar-refractivity contribution in [1.82, 2.24) is 0 Å². The Kier molecular flexibility index (Phi) is 5.68. The molecule has 0 unspecified atom stereocenters. The molecule has 0 atom stereocenters. The van der Waals surface area contributed by atoms with E-state index in [9.17, 15) is 5.11 Å². The molecule has 1 rings (SSSR count). The Bertz CT molecular complexity index is 424. The van der Waals surface area contributed by atoms with Gasteiger partial charge in [-0.1, -0.05) is 79.4 Å². The molecule has 0 aliphatic carbocycles. The molecule has 0 amide bonds. The number of hydrogen-bond donors (Lipinski definition) is 0. The zero-order chi connectivity index (χ0) is 15.4. The molecule has 0 aliphatic heterocycles. The molecular weight excluding hydrogens is 244 g/mol. The highest BCUT2D eigenvalue weighted by Crippen LogP contribution is 2.37. The highest BCUT2D eigenvalue weighted by atomic mass is 16.3. The lowest BCUT2D eigenvalue weighted by Crippen LogP contribution is -2.19. The molecule has 1 aromatic rings. The van der Waals surface area contributed by atoms with Crippen molar-refractivity contribution in [3.8, 4) is 5.75 Å². The minimum absolute atomic E-state index is 0.0780. The molecule has 0 bridgehead atoms. The van der Waals surface area contributed by atoms with Crippen LogP contribution in [0.25, 0.3) is 0 Å². The molecule has 113 valence electrons. The number of benzene rings is 1. The molecule has 1 radical (unpaired) electrons. The zero-order valence-corrected chi connectivity index (χ0v) is 14.2. The van der Waals surface area contributed by atoms with Gasteiger partial charge in [-0.25, -0.2) is 0 Å². The monoisotopic (exact) mass is 275 g/mol. The number of rotatable bonds is 6. The Morgan fingerprint density at radius 1 is 0.950 bits per heavy atom. The predicted molar refractivity (Wildman–Crippen MR) is 87.1 cm³/mol. The van der Waals surface area contributed by atoms with Crippen molar-refractivity contribution in [2.45, 2.75) is 84.5 Å². The van der Waals surface area contributed by atoms with Crippen LogP contribution in [0.3, 0.4) is 0 Å². The van der Waals surface area contributed by atoms with Crippen LogP contribution in [0, 0.1) is 0 Å². The van der Waals surface area contributed by atoms with E-state index < -0.39 is 0 Å². The Balaban J connectivity index is 2.90. The normalized spacial score (nSPS) is 12.7.